The van der Waals surface area contributed by atoms with E-state index >= 15 is 0 Å². The van der Waals surface area contributed by atoms with Crippen LogP contribution in [0.3, 0.4) is 0 Å². The highest BCUT2D eigenvalue weighted by Gasteiger charge is 2.04. The monoisotopic (exact) mass is 252 g/mol. The molecule has 1 unspecified atom stereocenters. The summed E-state index contributed by atoms with van der Waals surface area (Å²) in [5, 5.41) is 9.01. The van der Waals surface area contributed by atoms with Crippen molar-refractivity contribution in [1.82, 2.24) is 0 Å². The lowest BCUT2D eigenvalue weighted by atomic mass is 10.1. The fourth-order valence-corrected chi connectivity index (χ4v) is 1.80. The Bertz CT molecular complexity index is 600. The number of nitriles is 1. The molecule has 2 rings (SSSR count). The normalized spacial score (nSPS) is 11.6. The molecule has 0 saturated carbocycles. The molecule has 3 heteroatoms. The second kappa shape index (κ2) is 6.03. The van der Waals surface area contributed by atoms with E-state index < -0.39 is 0 Å². The zero-order valence-corrected chi connectivity index (χ0v) is 10.8. The SMILES string of the molecule is CC(N)c1cccc(OCc2ccccc2C#N)c1. The lowest BCUT2D eigenvalue weighted by Crippen LogP contribution is -2.05. The van der Waals surface area contributed by atoms with Crippen LogP contribution in [0, 0.1) is 11.3 Å². The lowest BCUT2D eigenvalue weighted by molar-refractivity contribution is 0.305. The van der Waals surface area contributed by atoms with Crippen molar-refractivity contribution in [3.8, 4) is 11.8 Å². The van der Waals surface area contributed by atoms with E-state index in [1.807, 2.05) is 49.4 Å². The van der Waals surface area contributed by atoms with Gasteiger partial charge in [0.1, 0.15) is 12.4 Å². The van der Waals surface area contributed by atoms with Gasteiger partial charge in [0.05, 0.1) is 11.6 Å². The van der Waals surface area contributed by atoms with Crippen LogP contribution in [0.5, 0.6) is 5.75 Å². The molecular formula is C16H16N2O. The van der Waals surface area contributed by atoms with Gasteiger partial charge in [-0.1, -0.05) is 30.3 Å². The summed E-state index contributed by atoms with van der Waals surface area (Å²) in [7, 11) is 0. The minimum Gasteiger partial charge on any atom is -0.489 e. The van der Waals surface area contributed by atoms with Gasteiger partial charge in [-0.05, 0) is 30.7 Å². The molecule has 1 atom stereocenters. The first-order chi connectivity index (χ1) is 9.20. The van der Waals surface area contributed by atoms with Crippen LogP contribution >= 0.6 is 0 Å². The van der Waals surface area contributed by atoms with Gasteiger partial charge < -0.3 is 10.5 Å². The van der Waals surface area contributed by atoms with Crippen molar-refractivity contribution in [2.45, 2.75) is 19.6 Å². The van der Waals surface area contributed by atoms with Crippen LogP contribution in [0.25, 0.3) is 0 Å². The summed E-state index contributed by atoms with van der Waals surface area (Å²) in [6, 6.07) is 17.3. The van der Waals surface area contributed by atoms with Crippen LogP contribution in [-0.2, 0) is 6.61 Å². The largest absolute Gasteiger partial charge is 0.489 e. The first kappa shape index (κ1) is 13.1. The summed E-state index contributed by atoms with van der Waals surface area (Å²) < 4.78 is 5.72. The quantitative estimate of drug-likeness (QED) is 0.909. The third-order valence-corrected chi connectivity index (χ3v) is 2.92. The topological polar surface area (TPSA) is 59.0 Å². The molecule has 19 heavy (non-hydrogen) atoms. The fourth-order valence-electron chi connectivity index (χ4n) is 1.80. The lowest BCUT2D eigenvalue weighted by Gasteiger charge is -2.10. The predicted molar refractivity (Wildman–Crippen MR) is 74.5 cm³/mol. The summed E-state index contributed by atoms with van der Waals surface area (Å²) in [6.45, 7) is 2.32. The standard InChI is InChI=1S/C16H16N2O/c1-12(18)13-7-4-8-16(9-13)19-11-15-6-3-2-5-14(15)10-17/h2-9,12H,11,18H2,1H3. The number of benzene rings is 2. The Morgan fingerprint density at radius 2 is 2.00 bits per heavy atom. The van der Waals surface area contributed by atoms with E-state index in [1.165, 1.54) is 0 Å². The number of hydrogen-bond donors (Lipinski definition) is 1. The number of ether oxygens (including phenoxy) is 1. The van der Waals surface area contributed by atoms with Gasteiger partial charge in [0.25, 0.3) is 0 Å². The molecule has 0 radical (unpaired) electrons. The van der Waals surface area contributed by atoms with E-state index in [0.29, 0.717) is 12.2 Å². The summed E-state index contributed by atoms with van der Waals surface area (Å²) in [5.41, 5.74) is 8.40. The van der Waals surface area contributed by atoms with E-state index in [9.17, 15) is 0 Å². The molecule has 0 fully saturated rings. The average molecular weight is 252 g/mol. The number of nitrogens with zero attached hydrogens (tertiary/aromatic N) is 1. The van der Waals surface area contributed by atoms with Crippen molar-refractivity contribution in [3.05, 3.63) is 65.2 Å². The highest BCUT2D eigenvalue weighted by atomic mass is 16.5. The molecule has 0 saturated heterocycles. The summed E-state index contributed by atoms with van der Waals surface area (Å²) >= 11 is 0. The minimum absolute atomic E-state index is 0.0186. The zero-order valence-electron chi connectivity index (χ0n) is 10.8. The van der Waals surface area contributed by atoms with E-state index in [1.54, 1.807) is 6.07 Å². The Morgan fingerprint density at radius 3 is 2.74 bits per heavy atom. The predicted octanol–water partition coefficient (Wildman–Crippen LogP) is 3.16. The first-order valence-corrected chi connectivity index (χ1v) is 6.17. The fraction of sp³-hybridized carbons (Fsp3) is 0.188. The van der Waals surface area contributed by atoms with Crippen LogP contribution in [0.15, 0.2) is 48.5 Å². The Hall–Kier alpha value is -2.31. The van der Waals surface area contributed by atoms with Crippen LogP contribution in [-0.4, -0.2) is 0 Å². The first-order valence-electron chi connectivity index (χ1n) is 6.17. The van der Waals surface area contributed by atoms with Crippen molar-refractivity contribution in [2.24, 2.45) is 5.73 Å². The van der Waals surface area contributed by atoms with Crippen molar-refractivity contribution in [1.29, 1.82) is 5.26 Å². The molecular weight excluding hydrogens is 236 g/mol. The van der Waals surface area contributed by atoms with Crippen LogP contribution in [0.2, 0.25) is 0 Å². The van der Waals surface area contributed by atoms with Gasteiger partial charge in [-0.3, -0.25) is 0 Å². The van der Waals surface area contributed by atoms with Gasteiger partial charge in [-0.15, -0.1) is 0 Å². The van der Waals surface area contributed by atoms with Crippen molar-refractivity contribution < 1.29 is 4.74 Å². The molecule has 0 amide bonds. The number of hydrogen-bond acceptors (Lipinski definition) is 3. The minimum atomic E-state index is -0.0186. The van der Waals surface area contributed by atoms with Crippen LogP contribution < -0.4 is 10.5 Å². The molecule has 0 bridgehead atoms. The maximum Gasteiger partial charge on any atom is 0.120 e. The van der Waals surface area contributed by atoms with Crippen molar-refractivity contribution in [3.63, 3.8) is 0 Å². The Labute approximate surface area is 113 Å². The Morgan fingerprint density at radius 1 is 1.21 bits per heavy atom. The molecule has 3 nitrogen and oxygen atoms in total. The molecule has 0 aliphatic rings. The van der Waals surface area contributed by atoms with Crippen LogP contribution in [0.1, 0.15) is 29.7 Å². The summed E-state index contributed by atoms with van der Waals surface area (Å²) in [4.78, 5) is 0. The molecule has 0 aliphatic carbocycles. The highest BCUT2D eigenvalue weighted by molar-refractivity contribution is 5.37. The molecule has 0 aromatic heterocycles. The molecule has 0 heterocycles. The van der Waals surface area contributed by atoms with E-state index in [0.717, 1.165) is 16.9 Å². The van der Waals surface area contributed by atoms with Gasteiger partial charge in [0, 0.05) is 11.6 Å². The third kappa shape index (κ3) is 3.34. The van der Waals surface area contributed by atoms with E-state index in [4.69, 9.17) is 15.7 Å². The van der Waals surface area contributed by atoms with Gasteiger partial charge in [-0.2, -0.15) is 5.26 Å². The molecule has 2 aromatic rings. The molecule has 2 aromatic carbocycles. The zero-order chi connectivity index (χ0) is 13.7. The van der Waals surface area contributed by atoms with Crippen molar-refractivity contribution in [2.75, 3.05) is 0 Å². The molecule has 0 aliphatic heterocycles. The third-order valence-electron chi connectivity index (χ3n) is 2.92. The van der Waals surface area contributed by atoms with E-state index in [-0.39, 0.29) is 6.04 Å². The van der Waals surface area contributed by atoms with Gasteiger partial charge in [0.15, 0.2) is 0 Å². The number of rotatable bonds is 4. The average Bonchev–Trinajstić information content (AvgIpc) is 2.45. The Kier molecular flexibility index (Phi) is 4.17. The van der Waals surface area contributed by atoms with Gasteiger partial charge in [-0.25, -0.2) is 0 Å². The summed E-state index contributed by atoms with van der Waals surface area (Å²) in [6.07, 6.45) is 0. The molecule has 96 valence electrons. The maximum absolute atomic E-state index is 9.01. The van der Waals surface area contributed by atoms with Crippen LogP contribution in [0.4, 0.5) is 0 Å². The van der Waals surface area contributed by atoms with Gasteiger partial charge in [0.2, 0.25) is 0 Å². The second-order valence-corrected chi connectivity index (χ2v) is 4.42. The van der Waals surface area contributed by atoms with E-state index in [2.05, 4.69) is 6.07 Å². The molecule has 0 spiro atoms. The smallest absolute Gasteiger partial charge is 0.120 e. The Balaban J connectivity index is 2.11. The maximum atomic E-state index is 9.01. The second-order valence-electron chi connectivity index (χ2n) is 4.42. The number of nitrogens with two attached hydrogens (primary N) is 1. The highest BCUT2D eigenvalue weighted by Crippen LogP contribution is 2.19. The van der Waals surface area contributed by atoms with Crippen molar-refractivity contribution >= 4 is 0 Å². The van der Waals surface area contributed by atoms with Gasteiger partial charge >= 0.3 is 0 Å². The molecule has 2 N–H and O–H groups in total. The summed E-state index contributed by atoms with van der Waals surface area (Å²) in [5.74, 6) is 0.766.